The number of benzene rings is 3. The molecular weight excluding hydrogens is 490 g/mol. The molecule has 3 aromatic carbocycles. The van der Waals surface area contributed by atoms with Crippen molar-refractivity contribution in [3.8, 4) is 5.75 Å². The van der Waals surface area contributed by atoms with Crippen LogP contribution in [0.4, 0.5) is 5.69 Å². The van der Waals surface area contributed by atoms with Crippen LogP contribution in [0.1, 0.15) is 22.3 Å². The second-order valence-corrected chi connectivity index (χ2v) is 8.65. The minimum atomic E-state index is 0.456. The fourth-order valence-corrected chi connectivity index (χ4v) is 4.38. The number of nitrogens with one attached hydrogen (secondary N) is 1. The molecule has 0 heterocycles. The second kappa shape index (κ2) is 9.13. The fourth-order valence-electron chi connectivity index (χ4n) is 2.74. The highest BCUT2D eigenvalue weighted by Gasteiger charge is 2.11. The van der Waals surface area contributed by atoms with E-state index in [0.29, 0.717) is 18.2 Å². The maximum Gasteiger partial charge on any atom is 0.139 e. The van der Waals surface area contributed by atoms with Crippen molar-refractivity contribution in [1.29, 1.82) is 0 Å². The molecule has 2 nitrogen and oxygen atoms in total. The third kappa shape index (κ3) is 5.50. The van der Waals surface area contributed by atoms with Gasteiger partial charge in [0.05, 0.1) is 4.47 Å². The van der Waals surface area contributed by atoms with Gasteiger partial charge in [0.1, 0.15) is 12.4 Å². The first kappa shape index (κ1) is 20.2. The highest BCUT2D eigenvalue weighted by Crippen LogP contribution is 2.34. The maximum atomic E-state index is 6.13. The predicted molar refractivity (Wildman–Crippen MR) is 121 cm³/mol. The molecule has 0 aromatic heterocycles. The molecule has 0 bridgehead atoms. The van der Waals surface area contributed by atoms with Crippen LogP contribution >= 0.6 is 43.5 Å². The highest BCUT2D eigenvalue weighted by atomic mass is 79.9. The summed E-state index contributed by atoms with van der Waals surface area (Å²) in [6.07, 6.45) is 0. The minimum Gasteiger partial charge on any atom is -0.487 e. The zero-order valence-electron chi connectivity index (χ0n) is 15.2. The quantitative estimate of drug-likeness (QED) is 0.368. The van der Waals surface area contributed by atoms with Crippen molar-refractivity contribution in [1.82, 2.24) is 0 Å². The average Bonchev–Trinajstić information content (AvgIpc) is 2.62. The summed E-state index contributed by atoms with van der Waals surface area (Å²) >= 11 is 13.3. The maximum absolute atomic E-state index is 6.13. The number of ether oxygens (including phenoxy) is 1. The smallest absolute Gasteiger partial charge is 0.139 e. The van der Waals surface area contributed by atoms with E-state index >= 15 is 0 Å². The Morgan fingerprint density at radius 1 is 0.963 bits per heavy atom. The molecule has 0 saturated heterocycles. The van der Waals surface area contributed by atoms with Crippen LogP contribution in [-0.2, 0) is 13.2 Å². The van der Waals surface area contributed by atoms with Gasteiger partial charge < -0.3 is 10.1 Å². The summed E-state index contributed by atoms with van der Waals surface area (Å²) < 4.78 is 8.04. The van der Waals surface area contributed by atoms with Crippen molar-refractivity contribution in [3.05, 3.63) is 90.8 Å². The predicted octanol–water partition coefficient (Wildman–Crippen LogP) is 7.67. The minimum absolute atomic E-state index is 0.456. The Kier molecular flexibility index (Phi) is 6.85. The Hall–Kier alpha value is -1.49. The van der Waals surface area contributed by atoms with Gasteiger partial charge in [0.2, 0.25) is 0 Å². The molecule has 1 N–H and O–H groups in total. The first-order chi connectivity index (χ1) is 12.9. The van der Waals surface area contributed by atoms with E-state index in [2.05, 4.69) is 75.3 Å². The molecule has 3 aromatic rings. The van der Waals surface area contributed by atoms with Gasteiger partial charge in [-0.25, -0.2) is 0 Å². The van der Waals surface area contributed by atoms with Crippen LogP contribution in [0.5, 0.6) is 5.75 Å². The van der Waals surface area contributed by atoms with Crippen LogP contribution in [-0.4, -0.2) is 0 Å². The van der Waals surface area contributed by atoms with E-state index < -0.39 is 0 Å². The van der Waals surface area contributed by atoms with Gasteiger partial charge in [-0.2, -0.15) is 0 Å². The zero-order valence-corrected chi connectivity index (χ0v) is 19.1. The van der Waals surface area contributed by atoms with Gasteiger partial charge in [0, 0.05) is 27.3 Å². The molecule has 0 radical (unpaired) electrons. The Morgan fingerprint density at radius 3 is 2.52 bits per heavy atom. The summed E-state index contributed by atoms with van der Waals surface area (Å²) in [6, 6.07) is 18.2. The lowest BCUT2D eigenvalue weighted by molar-refractivity contribution is 0.301. The van der Waals surface area contributed by atoms with Crippen molar-refractivity contribution in [2.24, 2.45) is 0 Å². The summed E-state index contributed by atoms with van der Waals surface area (Å²) in [5.74, 6) is 0.828. The number of halogens is 3. The van der Waals surface area contributed by atoms with Gasteiger partial charge in [0.15, 0.2) is 0 Å². The summed E-state index contributed by atoms with van der Waals surface area (Å²) in [5.41, 5.74) is 5.75. The first-order valence-corrected chi connectivity index (χ1v) is 10.5. The molecule has 0 amide bonds. The van der Waals surface area contributed by atoms with E-state index in [1.165, 1.54) is 11.1 Å². The summed E-state index contributed by atoms with van der Waals surface area (Å²) in [5, 5.41) is 4.20. The van der Waals surface area contributed by atoms with Crippen molar-refractivity contribution in [2.75, 3.05) is 5.32 Å². The molecule has 27 heavy (non-hydrogen) atoms. The fraction of sp³-hybridized carbons (Fsp3) is 0.182. The lowest BCUT2D eigenvalue weighted by atomic mass is 10.1. The molecule has 3 rings (SSSR count). The molecule has 5 heteroatoms. The Balaban J connectivity index is 1.78. The molecule has 0 unspecified atom stereocenters. The van der Waals surface area contributed by atoms with Crippen molar-refractivity contribution in [3.63, 3.8) is 0 Å². The van der Waals surface area contributed by atoms with E-state index in [4.69, 9.17) is 16.3 Å². The van der Waals surface area contributed by atoms with Crippen molar-refractivity contribution >= 4 is 49.1 Å². The normalized spacial score (nSPS) is 10.7. The van der Waals surface area contributed by atoms with E-state index in [0.717, 1.165) is 31.5 Å². The van der Waals surface area contributed by atoms with Crippen molar-refractivity contribution in [2.45, 2.75) is 27.0 Å². The van der Waals surface area contributed by atoms with Crippen molar-refractivity contribution < 1.29 is 4.74 Å². The molecule has 140 valence electrons. The first-order valence-electron chi connectivity index (χ1n) is 8.58. The molecule has 0 aliphatic carbocycles. The van der Waals surface area contributed by atoms with Gasteiger partial charge in [-0.15, -0.1) is 0 Å². The van der Waals surface area contributed by atoms with Crippen LogP contribution in [0.15, 0.2) is 63.5 Å². The topological polar surface area (TPSA) is 21.3 Å². The third-order valence-corrected chi connectivity index (χ3v) is 5.63. The van der Waals surface area contributed by atoms with Gasteiger partial charge in [-0.1, -0.05) is 45.7 Å². The lowest BCUT2D eigenvalue weighted by Crippen LogP contribution is -2.05. The van der Waals surface area contributed by atoms with Crippen LogP contribution in [0.3, 0.4) is 0 Å². The molecular formula is C22H20Br2ClNO. The zero-order chi connectivity index (χ0) is 19.4. The SMILES string of the molecule is Cc1ccc(NCc2cc(Br)cc(Br)c2OCc2cccc(Cl)c2)cc1C. The van der Waals surface area contributed by atoms with E-state index in [9.17, 15) is 0 Å². The summed E-state index contributed by atoms with van der Waals surface area (Å²) in [4.78, 5) is 0. The van der Waals surface area contributed by atoms with E-state index in [-0.39, 0.29) is 0 Å². The molecule has 0 atom stereocenters. The average molecular weight is 510 g/mol. The molecule has 0 saturated carbocycles. The monoisotopic (exact) mass is 507 g/mol. The van der Waals surface area contributed by atoms with E-state index in [1.54, 1.807) is 0 Å². The van der Waals surface area contributed by atoms with Crippen LogP contribution < -0.4 is 10.1 Å². The Bertz CT molecular complexity index is 959. The number of anilines is 1. The molecule has 0 spiro atoms. The van der Waals surface area contributed by atoms with Gasteiger partial charge >= 0.3 is 0 Å². The largest absolute Gasteiger partial charge is 0.487 e. The van der Waals surface area contributed by atoms with Gasteiger partial charge in [-0.3, -0.25) is 0 Å². The number of aryl methyl sites for hydroxylation is 2. The summed E-state index contributed by atoms with van der Waals surface area (Å²) in [7, 11) is 0. The van der Waals surface area contributed by atoms with Crippen LogP contribution in [0.25, 0.3) is 0 Å². The molecule has 0 fully saturated rings. The number of hydrogen-bond acceptors (Lipinski definition) is 2. The molecule has 0 aliphatic rings. The molecule has 0 aliphatic heterocycles. The van der Waals surface area contributed by atoms with E-state index in [1.807, 2.05) is 30.3 Å². The van der Waals surface area contributed by atoms with Crippen LogP contribution in [0, 0.1) is 13.8 Å². The third-order valence-electron chi connectivity index (χ3n) is 4.35. The van der Waals surface area contributed by atoms with Gasteiger partial charge in [-0.05, 0) is 82.9 Å². The Labute approximate surface area is 182 Å². The second-order valence-electron chi connectivity index (χ2n) is 6.45. The standard InChI is InChI=1S/C22H20Br2ClNO/c1-14-6-7-20(8-15(14)2)26-12-17-10-18(23)11-21(24)22(17)27-13-16-4-3-5-19(25)9-16/h3-11,26H,12-13H2,1-2H3. The Morgan fingerprint density at radius 2 is 1.78 bits per heavy atom. The number of hydrogen-bond donors (Lipinski definition) is 1. The number of rotatable bonds is 6. The van der Waals surface area contributed by atoms with Gasteiger partial charge in [0.25, 0.3) is 0 Å². The lowest BCUT2D eigenvalue weighted by Gasteiger charge is -2.16. The highest BCUT2D eigenvalue weighted by molar-refractivity contribution is 9.11. The summed E-state index contributed by atoms with van der Waals surface area (Å²) in [6.45, 7) is 5.35. The van der Waals surface area contributed by atoms with Crippen LogP contribution in [0.2, 0.25) is 5.02 Å².